The molecular weight excluding hydrogens is 233 g/mol. The molecule has 0 unspecified atom stereocenters. The number of halogens is 3. The number of carbonyl (C=O) groups is 1. The standard InChI is InChI=1S/C11H17F3N2O/c1-3-5-10(7-15,6-4-2)9(17)16-8-11(12,13)14/h3-6,8H2,1-2H3,(H,16,17). The molecule has 1 N–H and O–H groups in total. The fourth-order valence-corrected chi connectivity index (χ4v) is 1.72. The van der Waals surface area contributed by atoms with E-state index >= 15 is 0 Å². The van der Waals surface area contributed by atoms with Crippen molar-refractivity contribution in [3.05, 3.63) is 0 Å². The first kappa shape index (κ1) is 15.8. The van der Waals surface area contributed by atoms with E-state index in [0.717, 1.165) is 0 Å². The van der Waals surface area contributed by atoms with Gasteiger partial charge in [0, 0.05) is 0 Å². The van der Waals surface area contributed by atoms with Crippen molar-refractivity contribution < 1.29 is 18.0 Å². The summed E-state index contributed by atoms with van der Waals surface area (Å²) in [5, 5.41) is 10.8. The zero-order chi connectivity index (χ0) is 13.5. The largest absolute Gasteiger partial charge is 0.405 e. The van der Waals surface area contributed by atoms with E-state index in [2.05, 4.69) is 0 Å². The van der Waals surface area contributed by atoms with Gasteiger partial charge in [0.05, 0.1) is 6.07 Å². The molecule has 3 nitrogen and oxygen atoms in total. The highest BCUT2D eigenvalue weighted by Gasteiger charge is 2.39. The van der Waals surface area contributed by atoms with Gasteiger partial charge in [0.1, 0.15) is 12.0 Å². The second-order valence-electron chi connectivity index (χ2n) is 3.99. The van der Waals surface area contributed by atoms with Crippen LogP contribution in [0.2, 0.25) is 0 Å². The van der Waals surface area contributed by atoms with Crippen LogP contribution in [-0.4, -0.2) is 18.6 Å². The Morgan fingerprint density at radius 2 is 1.71 bits per heavy atom. The lowest BCUT2D eigenvalue weighted by Crippen LogP contribution is -2.43. The molecule has 0 fully saturated rings. The second kappa shape index (κ2) is 6.48. The number of hydrogen-bond donors (Lipinski definition) is 1. The van der Waals surface area contributed by atoms with Gasteiger partial charge in [-0.15, -0.1) is 0 Å². The van der Waals surface area contributed by atoms with E-state index in [1.165, 1.54) is 0 Å². The van der Waals surface area contributed by atoms with Gasteiger partial charge >= 0.3 is 6.18 Å². The van der Waals surface area contributed by atoms with Crippen molar-refractivity contribution in [1.82, 2.24) is 5.32 Å². The number of hydrogen-bond acceptors (Lipinski definition) is 2. The van der Waals surface area contributed by atoms with Crippen LogP contribution >= 0.6 is 0 Å². The van der Waals surface area contributed by atoms with E-state index < -0.39 is 24.0 Å². The average molecular weight is 250 g/mol. The van der Waals surface area contributed by atoms with Crippen molar-refractivity contribution >= 4 is 5.91 Å². The Labute approximate surface area is 99.0 Å². The van der Waals surface area contributed by atoms with Crippen molar-refractivity contribution in [2.24, 2.45) is 5.41 Å². The van der Waals surface area contributed by atoms with E-state index in [-0.39, 0.29) is 12.8 Å². The summed E-state index contributed by atoms with van der Waals surface area (Å²) in [7, 11) is 0. The smallest absolute Gasteiger partial charge is 0.346 e. The summed E-state index contributed by atoms with van der Waals surface area (Å²) in [5.74, 6) is -0.818. The summed E-state index contributed by atoms with van der Waals surface area (Å²) in [4.78, 5) is 11.7. The molecule has 0 spiro atoms. The molecule has 0 aliphatic heterocycles. The minimum absolute atomic E-state index is 0.279. The molecule has 0 bridgehead atoms. The minimum atomic E-state index is -4.45. The van der Waals surface area contributed by atoms with Gasteiger partial charge in [0.15, 0.2) is 0 Å². The lowest BCUT2D eigenvalue weighted by molar-refractivity contribution is -0.143. The molecule has 0 aromatic rings. The predicted octanol–water partition coefficient (Wildman–Crippen LogP) is 2.78. The van der Waals surface area contributed by atoms with Gasteiger partial charge in [0.2, 0.25) is 5.91 Å². The molecule has 0 atom stereocenters. The third-order valence-corrected chi connectivity index (χ3v) is 2.45. The summed E-state index contributed by atoms with van der Waals surface area (Å²) in [6.45, 7) is 2.19. The number of amides is 1. The number of nitriles is 1. The normalized spacial score (nSPS) is 12.0. The van der Waals surface area contributed by atoms with Crippen LogP contribution in [-0.2, 0) is 4.79 Å². The highest BCUT2D eigenvalue weighted by molar-refractivity contribution is 5.85. The Kier molecular flexibility index (Phi) is 6.00. The van der Waals surface area contributed by atoms with E-state index in [1.807, 2.05) is 6.07 Å². The van der Waals surface area contributed by atoms with Crippen LogP contribution in [0.15, 0.2) is 0 Å². The predicted molar refractivity (Wildman–Crippen MR) is 56.9 cm³/mol. The quantitative estimate of drug-likeness (QED) is 0.788. The molecule has 17 heavy (non-hydrogen) atoms. The maximum Gasteiger partial charge on any atom is 0.405 e. The third-order valence-electron chi connectivity index (χ3n) is 2.45. The van der Waals surface area contributed by atoms with E-state index in [9.17, 15) is 18.0 Å². The van der Waals surface area contributed by atoms with Gasteiger partial charge < -0.3 is 5.32 Å². The number of nitrogens with one attached hydrogen (secondary N) is 1. The van der Waals surface area contributed by atoms with Crippen molar-refractivity contribution in [2.75, 3.05) is 6.54 Å². The van der Waals surface area contributed by atoms with Crippen molar-refractivity contribution in [1.29, 1.82) is 5.26 Å². The van der Waals surface area contributed by atoms with Gasteiger partial charge in [-0.3, -0.25) is 4.79 Å². The van der Waals surface area contributed by atoms with Gasteiger partial charge in [-0.05, 0) is 12.8 Å². The average Bonchev–Trinajstić information content (AvgIpc) is 2.24. The van der Waals surface area contributed by atoms with Crippen LogP contribution in [0, 0.1) is 16.7 Å². The van der Waals surface area contributed by atoms with Crippen LogP contribution in [0.25, 0.3) is 0 Å². The number of alkyl halides is 3. The number of rotatable bonds is 6. The van der Waals surface area contributed by atoms with Crippen molar-refractivity contribution in [3.8, 4) is 6.07 Å². The zero-order valence-corrected chi connectivity index (χ0v) is 10.0. The summed E-state index contributed by atoms with van der Waals surface area (Å²) in [6, 6.07) is 1.87. The minimum Gasteiger partial charge on any atom is -0.346 e. The summed E-state index contributed by atoms with van der Waals surface area (Å²) in [5.41, 5.74) is -1.32. The van der Waals surface area contributed by atoms with Gasteiger partial charge in [-0.2, -0.15) is 18.4 Å². The van der Waals surface area contributed by atoms with E-state index in [1.54, 1.807) is 19.2 Å². The highest BCUT2D eigenvalue weighted by Crippen LogP contribution is 2.29. The van der Waals surface area contributed by atoms with Crippen molar-refractivity contribution in [3.63, 3.8) is 0 Å². The summed E-state index contributed by atoms with van der Waals surface area (Å²) >= 11 is 0. The van der Waals surface area contributed by atoms with Gasteiger partial charge in [-0.1, -0.05) is 26.7 Å². The van der Waals surface area contributed by atoms with Gasteiger partial charge in [-0.25, -0.2) is 0 Å². The fourth-order valence-electron chi connectivity index (χ4n) is 1.72. The van der Waals surface area contributed by atoms with E-state index in [0.29, 0.717) is 12.8 Å². The first-order chi connectivity index (χ1) is 7.81. The molecule has 0 radical (unpaired) electrons. The molecular formula is C11H17F3N2O. The molecule has 0 heterocycles. The Bertz CT molecular complexity index is 288. The molecule has 98 valence electrons. The molecule has 0 aromatic carbocycles. The molecule has 1 amide bonds. The van der Waals surface area contributed by atoms with Gasteiger partial charge in [0.25, 0.3) is 0 Å². The molecule has 6 heteroatoms. The summed E-state index contributed by atoms with van der Waals surface area (Å²) in [6.07, 6.45) is -2.74. The Morgan fingerprint density at radius 3 is 2.00 bits per heavy atom. The second-order valence-corrected chi connectivity index (χ2v) is 3.99. The fraction of sp³-hybridized carbons (Fsp3) is 0.818. The zero-order valence-electron chi connectivity index (χ0n) is 10.0. The SMILES string of the molecule is CCCC(C#N)(CCC)C(=O)NCC(F)(F)F. The Balaban J connectivity index is 4.70. The maximum atomic E-state index is 12.0. The number of nitrogens with zero attached hydrogens (tertiary/aromatic N) is 1. The molecule has 0 saturated carbocycles. The maximum absolute atomic E-state index is 12.0. The Morgan fingerprint density at radius 1 is 1.24 bits per heavy atom. The van der Waals surface area contributed by atoms with E-state index in [4.69, 9.17) is 5.26 Å². The first-order valence-electron chi connectivity index (χ1n) is 5.57. The monoisotopic (exact) mass is 250 g/mol. The summed E-state index contributed by atoms with van der Waals surface area (Å²) < 4.78 is 35.9. The molecule has 0 aromatic heterocycles. The van der Waals surface area contributed by atoms with Crippen LogP contribution in [0.4, 0.5) is 13.2 Å². The third kappa shape index (κ3) is 5.07. The highest BCUT2D eigenvalue weighted by atomic mass is 19.4. The Hall–Kier alpha value is -1.25. The topological polar surface area (TPSA) is 52.9 Å². The molecule has 0 rings (SSSR count). The molecule has 0 saturated heterocycles. The van der Waals surface area contributed by atoms with Crippen LogP contribution in [0.1, 0.15) is 39.5 Å². The first-order valence-corrected chi connectivity index (χ1v) is 5.57. The molecule has 0 aliphatic carbocycles. The van der Waals surface area contributed by atoms with Crippen molar-refractivity contribution in [2.45, 2.75) is 45.7 Å². The lowest BCUT2D eigenvalue weighted by Gasteiger charge is -2.24. The van der Waals surface area contributed by atoms with Crippen LogP contribution in [0.3, 0.4) is 0 Å². The lowest BCUT2D eigenvalue weighted by atomic mass is 9.80. The number of carbonyl (C=O) groups excluding carboxylic acids is 1. The molecule has 0 aliphatic rings. The van der Waals surface area contributed by atoms with Crippen LogP contribution in [0.5, 0.6) is 0 Å². The van der Waals surface area contributed by atoms with Crippen LogP contribution < -0.4 is 5.32 Å².